The van der Waals surface area contributed by atoms with Crippen molar-refractivity contribution in [1.29, 1.82) is 0 Å². The first kappa shape index (κ1) is 18.8. The number of hydrogen-bond acceptors (Lipinski definition) is 6. The van der Waals surface area contributed by atoms with Crippen LogP contribution in [0.1, 0.15) is 39.3 Å². The summed E-state index contributed by atoms with van der Waals surface area (Å²) in [5, 5.41) is 2.21. The Labute approximate surface area is 167 Å². The van der Waals surface area contributed by atoms with Gasteiger partial charge < -0.3 is 4.90 Å². The largest absolute Gasteiger partial charge is 0.374 e. The van der Waals surface area contributed by atoms with Gasteiger partial charge in [-0.25, -0.2) is 0 Å². The van der Waals surface area contributed by atoms with Gasteiger partial charge in [-0.3, -0.25) is 34.4 Å². The van der Waals surface area contributed by atoms with Crippen molar-refractivity contribution in [2.24, 2.45) is 0 Å². The summed E-state index contributed by atoms with van der Waals surface area (Å²) in [7, 11) is 1.85. The third-order valence-electron chi connectivity index (χ3n) is 5.29. The molecule has 0 bridgehead atoms. The molecule has 4 rings (SSSR count). The Balaban J connectivity index is 1.59. The molecule has 3 heterocycles. The van der Waals surface area contributed by atoms with E-state index < -0.39 is 29.7 Å². The molecule has 1 aromatic carbocycles. The van der Waals surface area contributed by atoms with Crippen molar-refractivity contribution in [2.75, 3.05) is 18.5 Å². The van der Waals surface area contributed by atoms with Crippen molar-refractivity contribution >= 4 is 29.3 Å². The van der Waals surface area contributed by atoms with E-state index in [9.17, 15) is 19.2 Å². The third-order valence-corrected chi connectivity index (χ3v) is 5.29. The topological polar surface area (TPSA) is 99.7 Å². The molecule has 8 nitrogen and oxygen atoms in total. The van der Waals surface area contributed by atoms with Gasteiger partial charge in [-0.2, -0.15) is 0 Å². The van der Waals surface area contributed by atoms with Crippen molar-refractivity contribution in [3.63, 3.8) is 0 Å². The van der Waals surface area contributed by atoms with Crippen molar-refractivity contribution in [3.05, 3.63) is 59.4 Å². The number of carbonyl (C=O) groups excluding carboxylic acids is 4. The Kier molecular flexibility index (Phi) is 4.84. The van der Waals surface area contributed by atoms with Gasteiger partial charge in [-0.1, -0.05) is 12.1 Å². The maximum absolute atomic E-state index is 13.1. The number of benzene rings is 1. The Morgan fingerprint density at radius 1 is 1.10 bits per heavy atom. The third kappa shape index (κ3) is 3.37. The van der Waals surface area contributed by atoms with Gasteiger partial charge in [-0.15, -0.1) is 0 Å². The first-order valence-electron chi connectivity index (χ1n) is 9.43. The minimum atomic E-state index is -0.966. The highest BCUT2D eigenvalue weighted by molar-refractivity contribution is 6.25. The van der Waals surface area contributed by atoms with E-state index in [1.54, 1.807) is 24.4 Å². The molecule has 4 amide bonds. The molecular formula is C21H20N4O4. The van der Waals surface area contributed by atoms with Gasteiger partial charge in [0.2, 0.25) is 11.8 Å². The summed E-state index contributed by atoms with van der Waals surface area (Å²) in [4.78, 5) is 56.9. The maximum atomic E-state index is 13.1. The summed E-state index contributed by atoms with van der Waals surface area (Å²) in [6.45, 7) is 0.605. The number of piperidine rings is 1. The van der Waals surface area contributed by atoms with Gasteiger partial charge in [0.15, 0.2) is 0 Å². The van der Waals surface area contributed by atoms with Crippen LogP contribution in [0, 0.1) is 0 Å². The van der Waals surface area contributed by atoms with Crippen LogP contribution in [0.2, 0.25) is 0 Å². The maximum Gasteiger partial charge on any atom is 0.264 e. The van der Waals surface area contributed by atoms with E-state index in [1.807, 2.05) is 30.1 Å². The normalized spacial score (nSPS) is 18.7. The highest BCUT2D eigenvalue weighted by atomic mass is 16.2. The van der Waals surface area contributed by atoms with Crippen LogP contribution in [-0.2, 0) is 16.0 Å². The number of carbonyl (C=O) groups is 4. The highest BCUT2D eigenvalue weighted by Gasteiger charge is 2.45. The van der Waals surface area contributed by atoms with Crippen LogP contribution in [-0.4, -0.2) is 53.1 Å². The molecule has 1 aromatic heterocycles. The lowest BCUT2D eigenvalue weighted by Crippen LogP contribution is -2.54. The number of pyridine rings is 1. The number of likely N-dealkylation sites (N-methyl/N-ethyl adjacent to an activating group) is 1. The molecule has 2 aliphatic rings. The average Bonchev–Trinajstić information content (AvgIpc) is 2.98. The molecule has 1 N–H and O–H groups in total. The minimum absolute atomic E-state index is 0.0979. The van der Waals surface area contributed by atoms with E-state index in [4.69, 9.17) is 0 Å². The van der Waals surface area contributed by atoms with E-state index in [-0.39, 0.29) is 18.4 Å². The lowest BCUT2D eigenvalue weighted by molar-refractivity contribution is -0.136. The fraction of sp³-hybridized carbons (Fsp3) is 0.286. The molecule has 1 saturated heterocycles. The SMILES string of the molecule is CN(CCc1ccccn1)c1cccc2c1C(=O)N(C1CCC(=O)NC1=O)C2=O. The quantitative estimate of drug-likeness (QED) is 0.767. The first-order valence-corrected chi connectivity index (χ1v) is 9.43. The zero-order chi connectivity index (χ0) is 20.5. The number of fused-ring (bicyclic) bond motifs is 1. The second-order valence-electron chi connectivity index (χ2n) is 7.14. The van der Waals surface area contributed by atoms with Crippen molar-refractivity contribution in [3.8, 4) is 0 Å². The molecule has 148 valence electrons. The molecule has 0 aliphatic carbocycles. The standard InChI is InChI=1S/C21H20N4O4/c1-24(12-10-13-5-2-3-11-22-13)15-7-4-6-14-18(15)21(29)25(20(14)28)16-8-9-17(26)23-19(16)27/h2-7,11,16H,8-10,12H2,1H3,(H,23,26,27). The zero-order valence-electron chi connectivity index (χ0n) is 15.9. The van der Waals surface area contributed by atoms with Crippen molar-refractivity contribution in [1.82, 2.24) is 15.2 Å². The van der Waals surface area contributed by atoms with Crippen LogP contribution in [0.15, 0.2) is 42.6 Å². The van der Waals surface area contributed by atoms with Gasteiger partial charge in [0.05, 0.1) is 16.8 Å². The molecule has 0 spiro atoms. The number of rotatable bonds is 5. The average molecular weight is 392 g/mol. The Morgan fingerprint density at radius 2 is 1.93 bits per heavy atom. The Bertz CT molecular complexity index is 1000. The number of amides is 4. The Hall–Kier alpha value is -3.55. The molecular weight excluding hydrogens is 372 g/mol. The molecule has 1 fully saturated rings. The highest BCUT2D eigenvalue weighted by Crippen LogP contribution is 2.33. The number of anilines is 1. The van der Waals surface area contributed by atoms with Gasteiger partial charge in [0.1, 0.15) is 6.04 Å². The van der Waals surface area contributed by atoms with E-state index in [2.05, 4.69) is 10.3 Å². The number of hydrogen-bond donors (Lipinski definition) is 1. The van der Waals surface area contributed by atoms with Crippen molar-refractivity contribution < 1.29 is 19.2 Å². The summed E-state index contributed by atoms with van der Waals surface area (Å²) < 4.78 is 0. The number of aromatic nitrogens is 1. The number of imide groups is 2. The molecule has 1 unspecified atom stereocenters. The Morgan fingerprint density at radius 3 is 2.66 bits per heavy atom. The predicted molar refractivity (Wildman–Crippen MR) is 104 cm³/mol. The summed E-state index contributed by atoms with van der Waals surface area (Å²) in [6.07, 6.45) is 2.65. The molecule has 0 radical (unpaired) electrons. The van der Waals surface area contributed by atoms with Crippen LogP contribution >= 0.6 is 0 Å². The van der Waals surface area contributed by atoms with Gasteiger partial charge >= 0.3 is 0 Å². The van der Waals surface area contributed by atoms with E-state index in [1.165, 1.54) is 0 Å². The fourth-order valence-corrected chi connectivity index (χ4v) is 3.76. The lowest BCUT2D eigenvalue weighted by atomic mass is 10.0. The van der Waals surface area contributed by atoms with E-state index in [0.717, 1.165) is 10.6 Å². The van der Waals surface area contributed by atoms with Crippen molar-refractivity contribution in [2.45, 2.75) is 25.3 Å². The second kappa shape index (κ2) is 7.46. The molecule has 8 heteroatoms. The van der Waals surface area contributed by atoms with Gasteiger partial charge in [0, 0.05) is 38.3 Å². The fourth-order valence-electron chi connectivity index (χ4n) is 3.76. The van der Waals surface area contributed by atoms with Crippen LogP contribution in [0.4, 0.5) is 5.69 Å². The minimum Gasteiger partial charge on any atom is -0.374 e. The molecule has 0 saturated carbocycles. The first-order chi connectivity index (χ1) is 14.0. The zero-order valence-corrected chi connectivity index (χ0v) is 15.9. The van der Waals surface area contributed by atoms with Gasteiger partial charge in [0.25, 0.3) is 11.8 Å². The number of nitrogens with zero attached hydrogens (tertiary/aromatic N) is 3. The second-order valence-corrected chi connectivity index (χ2v) is 7.14. The predicted octanol–water partition coefficient (Wildman–Crippen LogP) is 1.16. The molecule has 29 heavy (non-hydrogen) atoms. The van der Waals surface area contributed by atoms with Crippen LogP contribution in [0.25, 0.3) is 0 Å². The lowest BCUT2D eigenvalue weighted by Gasteiger charge is -2.28. The number of nitrogens with one attached hydrogen (secondary N) is 1. The van der Waals surface area contributed by atoms with E-state index >= 15 is 0 Å². The molecule has 2 aliphatic heterocycles. The summed E-state index contributed by atoms with van der Waals surface area (Å²) in [6, 6.07) is 9.85. The summed E-state index contributed by atoms with van der Waals surface area (Å²) >= 11 is 0. The van der Waals surface area contributed by atoms with Crippen LogP contribution in [0.3, 0.4) is 0 Å². The molecule has 1 atom stereocenters. The van der Waals surface area contributed by atoms with Gasteiger partial charge in [-0.05, 0) is 30.7 Å². The summed E-state index contributed by atoms with van der Waals surface area (Å²) in [5.74, 6) is -2.00. The monoisotopic (exact) mass is 392 g/mol. The van der Waals surface area contributed by atoms with E-state index in [0.29, 0.717) is 24.2 Å². The molecule has 2 aromatic rings. The van der Waals surface area contributed by atoms with Crippen LogP contribution < -0.4 is 10.2 Å². The summed E-state index contributed by atoms with van der Waals surface area (Å²) in [5.41, 5.74) is 2.14. The van der Waals surface area contributed by atoms with Crippen LogP contribution in [0.5, 0.6) is 0 Å². The smallest absolute Gasteiger partial charge is 0.264 e.